The summed E-state index contributed by atoms with van der Waals surface area (Å²) in [6.07, 6.45) is 0. The fourth-order valence-corrected chi connectivity index (χ4v) is 3.01. The minimum atomic E-state index is -0.453. The molecule has 2 aromatic carbocycles. The van der Waals surface area contributed by atoms with Gasteiger partial charge in [0.1, 0.15) is 0 Å². The number of nitro benzene ring substituents is 1. The van der Waals surface area contributed by atoms with Gasteiger partial charge in [-0.05, 0) is 11.6 Å². The first-order chi connectivity index (χ1) is 9.65. The Labute approximate surface area is 117 Å². The van der Waals surface area contributed by atoms with Crippen molar-refractivity contribution in [3.63, 3.8) is 0 Å². The quantitative estimate of drug-likeness (QED) is 0.549. The highest BCUT2D eigenvalue weighted by molar-refractivity contribution is 7.16. The predicted octanol–water partition coefficient (Wildman–Crippen LogP) is 3.02. The molecule has 3 aromatic rings. The summed E-state index contributed by atoms with van der Waals surface area (Å²) < 4.78 is 2.28. The van der Waals surface area contributed by atoms with E-state index >= 15 is 0 Å². The van der Waals surface area contributed by atoms with Gasteiger partial charge < -0.3 is 0 Å². The van der Waals surface area contributed by atoms with Gasteiger partial charge >= 0.3 is 4.87 Å². The molecule has 0 spiro atoms. The minimum absolute atomic E-state index is 0.00520. The van der Waals surface area contributed by atoms with Crippen LogP contribution >= 0.6 is 11.3 Å². The highest BCUT2D eigenvalue weighted by Gasteiger charge is 2.12. The molecule has 0 amide bonds. The van der Waals surface area contributed by atoms with E-state index in [2.05, 4.69) is 0 Å². The van der Waals surface area contributed by atoms with Crippen LogP contribution in [0.2, 0.25) is 0 Å². The van der Waals surface area contributed by atoms with Gasteiger partial charge in [-0.1, -0.05) is 41.7 Å². The highest BCUT2D eigenvalue weighted by atomic mass is 32.1. The number of nitrogens with zero attached hydrogens (tertiary/aromatic N) is 2. The van der Waals surface area contributed by atoms with Gasteiger partial charge in [-0.15, -0.1) is 0 Å². The molecular formula is C14H10N2O3S. The molecule has 0 unspecified atom stereocenters. The smallest absolute Gasteiger partial charge is 0.294 e. The number of hydrogen-bond acceptors (Lipinski definition) is 4. The molecule has 0 radical (unpaired) electrons. The van der Waals surface area contributed by atoms with Crippen LogP contribution in [0.25, 0.3) is 10.2 Å². The maximum atomic E-state index is 12.0. The van der Waals surface area contributed by atoms with Crippen molar-refractivity contribution >= 4 is 27.2 Å². The van der Waals surface area contributed by atoms with Crippen molar-refractivity contribution in [2.24, 2.45) is 0 Å². The summed E-state index contributed by atoms with van der Waals surface area (Å²) in [7, 11) is 0. The lowest BCUT2D eigenvalue weighted by Gasteiger charge is -2.03. The van der Waals surface area contributed by atoms with Crippen LogP contribution in [0.4, 0.5) is 5.69 Å². The van der Waals surface area contributed by atoms with Gasteiger partial charge in [-0.3, -0.25) is 19.5 Å². The Balaban J connectivity index is 2.10. The summed E-state index contributed by atoms with van der Waals surface area (Å²) in [5, 5.41) is 10.8. The summed E-state index contributed by atoms with van der Waals surface area (Å²) in [5.41, 5.74) is 1.76. The first kappa shape index (κ1) is 12.6. The van der Waals surface area contributed by atoms with Gasteiger partial charge in [0.2, 0.25) is 0 Å². The second-order valence-corrected chi connectivity index (χ2v) is 5.34. The predicted molar refractivity (Wildman–Crippen MR) is 78.3 cm³/mol. The van der Waals surface area contributed by atoms with Gasteiger partial charge in [-0.2, -0.15) is 0 Å². The Morgan fingerprint density at radius 2 is 1.90 bits per heavy atom. The lowest BCUT2D eigenvalue weighted by atomic mass is 10.2. The number of non-ortho nitro benzene ring substituents is 1. The second kappa shape index (κ2) is 4.90. The van der Waals surface area contributed by atoms with E-state index in [1.807, 2.05) is 30.3 Å². The van der Waals surface area contributed by atoms with Crippen LogP contribution in [-0.2, 0) is 6.54 Å². The average molecular weight is 286 g/mol. The van der Waals surface area contributed by atoms with Crippen molar-refractivity contribution in [2.75, 3.05) is 0 Å². The minimum Gasteiger partial charge on any atom is -0.294 e. The number of fused-ring (bicyclic) bond motifs is 1. The number of nitro groups is 1. The lowest BCUT2D eigenvalue weighted by molar-refractivity contribution is -0.384. The number of aromatic nitrogens is 1. The van der Waals surface area contributed by atoms with Crippen LogP contribution in [-0.4, -0.2) is 9.49 Å². The van der Waals surface area contributed by atoms with Crippen molar-refractivity contribution in [2.45, 2.75) is 6.54 Å². The Hall–Kier alpha value is -2.47. The van der Waals surface area contributed by atoms with E-state index in [9.17, 15) is 14.9 Å². The fourth-order valence-electron chi connectivity index (χ4n) is 2.08. The van der Waals surface area contributed by atoms with Crippen LogP contribution in [0.15, 0.2) is 53.3 Å². The van der Waals surface area contributed by atoms with Crippen LogP contribution in [0.3, 0.4) is 0 Å². The average Bonchev–Trinajstić information content (AvgIpc) is 2.75. The van der Waals surface area contributed by atoms with Gasteiger partial charge in [0.05, 0.1) is 21.7 Å². The molecule has 0 bridgehead atoms. The van der Waals surface area contributed by atoms with Crippen molar-refractivity contribution in [3.8, 4) is 0 Å². The largest absolute Gasteiger partial charge is 0.308 e. The Morgan fingerprint density at radius 1 is 1.15 bits per heavy atom. The number of benzene rings is 2. The SMILES string of the molecule is O=c1sc2cc([N+](=O)[O-])ccc2n1Cc1ccccc1. The summed E-state index contributed by atoms with van der Waals surface area (Å²) in [5.74, 6) is 0. The van der Waals surface area contributed by atoms with Gasteiger partial charge in [0.15, 0.2) is 0 Å². The Bertz CT molecular complexity index is 836. The molecule has 0 saturated carbocycles. The van der Waals surface area contributed by atoms with Gasteiger partial charge in [-0.25, -0.2) is 0 Å². The molecule has 0 aliphatic heterocycles. The Kier molecular flexibility index (Phi) is 3.08. The molecule has 3 rings (SSSR count). The third-order valence-corrected chi connectivity index (χ3v) is 3.99. The standard InChI is InChI=1S/C14H10N2O3S/c17-14-15(9-10-4-2-1-3-5-10)12-7-6-11(16(18)19)8-13(12)20-14/h1-8H,9H2. The first-order valence-electron chi connectivity index (χ1n) is 5.97. The van der Waals surface area contributed by atoms with Crippen molar-refractivity contribution in [1.82, 2.24) is 4.57 Å². The van der Waals surface area contributed by atoms with Crippen molar-refractivity contribution in [1.29, 1.82) is 0 Å². The molecule has 6 heteroatoms. The zero-order chi connectivity index (χ0) is 14.1. The number of rotatable bonds is 3. The Morgan fingerprint density at radius 3 is 2.60 bits per heavy atom. The van der Waals surface area contributed by atoms with Gasteiger partial charge in [0.25, 0.3) is 5.69 Å². The van der Waals surface area contributed by atoms with Crippen molar-refractivity contribution in [3.05, 3.63) is 73.9 Å². The number of hydrogen-bond donors (Lipinski definition) is 0. The van der Waals surface area contributed by atoms with E-state index in [1.54, 1.807) is 10.6 Å². The molecule has 0 aliphatic rings. The molecule has 1 aromatic heterocycles. The van der Waals surface area contributed by atoms with Crippen molar-refractivity contribution < 1.29 is 4.92 Å². The molecule has 0 saturated heterocycles. The summed E-state index contributed by atoms with van der Waals surface area (Å²) in [6.45, 7) is 0.470. The van der Waals surface area contributed by atoms with E-state index in [1.165, 1.54) is 12.1 Å². The highest BCUT2D eigenvalue weighted by Crippen LogP contribution is 2.23. The molecule has 0 atom stereocenters. The van der Waals surface area contributed by atoms with E-state index in [0.29, 0.717) is 11.2 Å². The third-order valence-electron chi connectivity index (χ3n) is 3.05. The van der Waals surface area contributed by atoms with E-state index in [4.69, 9.17) is 0 Å². The summed E-state index contributed by atoms with van der Waals surface area (Å²) in [6, 6.07) is 14.1. The fraction of sp³-hybridized carbons (Fsp3) is 0.0714. The topological polar surface area (TPSA) is 65.1 Å². The molecule has 20 heavy (non-hydrogen) atoms. The zero-order valence-electron chi connectivity index (χ0n) is 10.4. The van der Waals surface area contributed by atoms with Crippen LogP contribution in [0.1, 0.15) is 5.56 Å². The van der Waals surface area contributed by atoms with E-state index in [0.717, 1.165) is 22.4 Å². The van der Waals surface area contributed by atoms with Crippen LogP contribution < -0.4 is 4.87 Å². The summed E-state index contributed by atoms with van der Waals surface area (Å²) in [4.78, 5) is 22.2. The van der Waals surface area contributed by atoms with E-state index in [-0.39, 0.29) is 10.6 Å². The molecule has 1 heterocycles. The molecule has 5 nitrogen and oxygen atoms in total. The molecule has 100 valence electrons. The summed E-state index contributed by atoms with van der Waals surface area (Å²) >= 11 is 1.03. The lowest BCUT2D eigenvalue weighted by Crippen LogP contribution is -2.13. The molecule has 0 N–H and O–H groups in total. The third kappa shape index (κ3) is 2.21. The maximum Gasteiger partial charge on any atom is 0.308 e. The van der Waals surface area contributed by atoms with Crippen LogP contribution in [0, 0.1) is 10.1 Å². The maximum absolute atomic E-state index is 12.0. The van der Waals surface area contributed by atoms with Crippen LogP contribution in [0.5, 0.6) is 0 Å². The molecule has 0 fully saturated rings. The molecule has 0 aliphatic carbocycles. The van der Waals surface area contributed by atoms with Gasteiger partial charge in [0, 0.05) is 12.1 Å². The number of thiazole rings is 1. The normalized spacial score (nSPS) is 10.8. The monoisotopic (exact) mass is 286 g/mol. The van der Waals surface area contributed by atoms with E-state index < -0.39 is 4.92 Å². The molecular weight excluding hydrogens is 276 g/mol. The second-order valence-electron chi connectivity index (χ2n) is 4.35. The zero-order valence-corrected chi connectivity index (χ0v) is 11.2. The first-order valence-corrected chi connectivity index (χ1v) is 6.78.